The zero-order chi connectivity index (χ0) is 15.1. The molecular weight excluding hydrogens is 262 g/mol. The Morgan fingerprint density at radius 2 is 2.14 bits per heavy atom. The van der Waals surface area contributed by atoms with E-state index in [9.17, 15) is 4.79 Å². The van der Waals surface area contributed by atoms with Crippen molar-refractivity contribution in [1.29, 1.82) is 0 Å². The SMILES string of the molecule is Cc1ccc(C#CCCO)c(C(=O)NCC2CCCC2)c1. The molecule has 2 N–H and O–H groups in total. The molecule has 1 amide bonds. The van der Waals surface area contributed by atoms with Crippen LogP contribution in [0.5, 0.6) is 0 Å². The first-order valence-corrected chi connectivity index (χ1v) is 7.69. The number of carbonyl (C=O) groups excluding carboxylic acids is 1. The minimum Gasteiger partial charge on any atom is -0.395 e. The van der Waals surface area contributed by atoms with Crippen LogP contribution in [0.25, 0.3) is 0 Å². The number of nitrogens with one attached hydrogen (secondary N) is 1. The average molecular weight is 285 g/mol. The molecule has 1 aliphatic carbocycles. The highest BCUT2D eigenvalue weighted by Crippen LogP contribution is 2.23. The quantitative estimate of drug-likeness (QED) is 0.836. The lowest BCUT2D eigenvalue weighted by molar-refractivity contribution is 0.0947. The van der Waals surface area contributed by atoms with Gasteiger partial charge in [0, 0.05) is 18.5 Å². The van der Waals surface area contributed by atoms with Crippen molar-refractivity contribution < 1.29 is 9.90 Å². The molecule has 1 aromatic carbocycles. The smallest absolute Gasteiger partial charge is 0.252 e. The van der Waals surface area contributed by atoms with Crippen LogP contribution in [-0.4, -0.2) is 24.2 Å². The van der Waals surface area contributed by atoms with E-state index in [1.54, 1.807) is 0 Å². The summed E-state index contributed by atoms with van der Waals surface area (Å²) in [5, 5.41) is 11.8. The highest BCUT2D eigenvalue weighted by Gasteiger charge is 2.17. The van der Waals surface area contributed by atoms with Crippen LogP contribution < -0.4 is 5.32 Å². The van der Waals surface area contributed by atoms with E-state index in [4.69, 9.17) is 5.11 Å². The van der Waals surface area contributed by atoms with Crippen molar-refractivity contribution in [2.24, 2.45) is 5.92 Å². The molecule has 1 aromatic rings. The molecule has 0 aromatic heterocycles. The Labute approximate surface area is 126 Å². The van der Waals surface area contributed by atoms with Crippen molar-refractivity contribution in [2.45, 2.75) is 39.0 Å². The van der Waals surface area contributed by atoms with E-state index in [-0.39, 0.29) is 12.5 Å². The maximum absolute atomic E-state index is 12.4. The molecule has 0 unspecified atom stereocenters. The van der Waals surface area contributed by atoms with Crippen molar-refractivity contribution in [3.8, 4) is 11.8 Å². The number of carbonyl (C=O) groups is 1. The second-order valence-electron chi connectivity index (χ2n) is 5.68. The third-order valence-corrected chi connectivity index (χ3v) is 3.91. The number of aliphatic hydroxyl groups is 1. The van der Waals surface area contributed by atoms with E-state index in [0.29, 0.717) is 17.9 Å². The maximum atomic E-state index is 12.4. The third kappa shape index (κ3) is 4.61. The van der Waals surface area contributed by atoms with Gasteiger partial charge in [0.1, 0.15) is 0 Å². The first-order chi connectivity index (χ1) is 10.2. The Morgan fingerprint density at radius 3 is 2.86 bits per heavy atom. The van der Waals surface area contributed by atoms with E-state index in [1.807, 2.05) is 25.1 Å². The molecule has 0 radical (unpaired) electrons. The van der Waals surface area contributed by atoms with Gasteiger partial charge in [-0.15, -0.1) is 0 Å². The number of aryl methyl sites for hydroxylation is 1. The summed E-state index contributed by atoms with van der Waals surface area (Å²) in [6.45, 7) is 2.77. The largest absolute Gasteiger partial charge is 0.395 e. The average Bonchev–Trinajstić information content (AvgIpc) is 3.00. The van der Waals surface area contributed by atoms with Crippen LogP contribution in [0.4, 0.5) is 0 Å². The Balaban J connectivity index is 2.07. The normalized spacial score (nSPS) is 14.6. The Bertz CT molecular complexity index is 548. The van der Waals surface area contributed by atoms with Gasteiger partial charge in [-0.2, -0.15) is 0 Å². The van der Waals surface area contributed by atoms with E-state index in [0.717, 1.165) is 17.7 Å². The molecule has 0 saturated heterocycles. The van der Waals surface area contributed by atoms with Crippen molar-refractivity contribution in [1.82, 2.24) is 5.32 Å². The Kier molecular flexibility index (Phi) is 5.83. The van der Waals surface area contributed by atoms with E-state index >= 15 is 0 Å². The zero-order valence-electron chi connectivity index (χ0n) is 12.6. The predicted octanol–water partition coefficient (Wildman–Crippen LogP) is 2.65. The molecule has 0 aliphatic heterocycles. The van der Waals surface area contributed by atoms with Crippen LogP contribution in [0.3, 0.4) is 0 Å². The first-order valence-electron chi connectivity index (χ1n) is 7.69. The third-order valence-electron chi connectivity index (χ3n) is 3.91. The molecule has 112 valence electrons. The highest BCUT2D eigenvalue weighted by molar-refractivity contribution is 5.96. The highest BCUT2D eigenvalue weighted by atomic mass is 16.2. The number of hydrogen-bond donors (Lipinski definition) is 2. The summed E-state index contributed by atoms with van der Waals surface area (Å²) in [7, 11) is 0. The minimum atomic E-state index is -0.0427. The van der Waals surface area contributed by atoms with Gasteiger partial charge in [-0.3, -0.25) is 4.79 Å². The van der Waals surface area contributed by atoms with Crippen molar-refractivity contribution in [3.05, 3.63) is 34.9 Å². The van der Waals surface area contributed by atoms with Gasteiger partial charge in [-0.1, -0.05) is 36.3 Å². The fraction of sp³-hybridized carbons (Fsp3) is 0.500. The molecular formula is C18H23NO2. The summed E-state index contributed by atoms with van der Waals surface area (Å²) >= 11 is 0. The summed E-state index contributed by atoms with van der Waals surface area (Å²) in [6, 6.07) is 5.72. The lowest BCUT2D eigenvalue weighted by Crippen LogP contribution is -2.29. The molecule has 0 heterocycles. The topological polar surface area (TPSA) is 49.3 Å². The number of benzene rings is 1. The fourth-order valence-electron chi connectivity index (χ4n) is 2.72. The van der Waals surface area contributed by atoms with Gasteiger partial charge in [0.2, 0.25) is 0 Å². The van der Waals surface area contributed by atoms with Gasteiger partial charge in [0.25, 0.3) is 5.91 Å². The molecule has 3 nitrogen and oxygen atoms in total. The van der Waals surface area contributed by atoms with Gasteiger partial charge in [-0.25, -0.2) is 0 Å². The molecule has 1 fully saturated rings. The van der Waals surface area contributed by atoms with E-state index in [1.165, 1.54) is 25.7 Å². The molecule has 21 heavy (non-hydrogen) atoms. The van der Waals surface area contributed by atoms with Crippen LogP contribution in [0.15, 0.2) is 18.2 Å². The van der Waals surface area contributed by atoms with E-state index < -0.39 is 0 Å². The van der Waals surface area contributed by atoms with Gasteiger partial charge in [-0.05, 0) is 37.8 Å². The molecule has 0 atom stereocenters. The van der Waals surface area contributed by atoms with Crippen LogP contribution >= 0.6 is 0 Å². The minimum absolute atomic E-state index is 0.0427. The van der Waals surface area contributed by atoms with Gasteiger partial charge >= 0.3 is 0 Å². The van der Waals surface area contributed by atoms with E-state index in [2.05, 4.69) is 17.2 Å². The second-order valence-corrected chi connectivity index (χ2v) is 5.68. The lowest BCUT2D eigenvalue weighted by Gasteiger charge is -2.12. The molecule has 0 spiro atoms. The van der Waals surface area contributed by atoms with Gasteiger partial charge < -0.3 is 10.4 Å². The Morgan fingerprint density at radius 1 is 1.38 bits per heavy atom. The van der Waals surface area contributed by atoms with Crippen LogP contribution in [0, 0.1) is 24.7 Å². The molecule has 2 rings (SSSR count). The summed E-state index contributed by atoms with van der Waals surface area (Å²) < 4.78 is 0. The fourth-order valence-corrected chi connectivity index (χ4v) is 2.72. The summed E-state index contributed by atoms with van der Waals surface area (Å²) in [4.78, 5) is 12.4. The van der Waals surface area contributed by atoms with Crippen molar-refractivity contribution in [2.75, 3.05) is 13.2 Å². The standard InChI is InChI=1S/C18H23NO2/c1-14-9-10-16(8-4-5-11-20)17(12-14)18(21)19-13-15-6-2-3-7-15/h9-10,12,15,20H,2-3,5-7,11,13H2,1H3,(H,19,21). The van der Waals surface area contributed by atoms with Crippen molar-refractivity contribution >= 4 is 5.91 Å². The number of amides is 1. The summed E-state index contributed by atoms with van der Waals surface area (Å²) in [5.41, 5.74) is 2.42. The zero-order valence-corrected chi connectivity index (χ0v) is 12.6. The number of rotatable bonds is 4. The lowest BCUT2D eigenvalue weighted by atomic mass is 10.0. The molecule has 0 bridgehead atoms. The molecule has 1 saturated carbocycles. The second kappa shape index (κ2) is 7.85. The first kappa shape index (κ1) is 15.6. The summed E-state index contributed by atoms with van der Waals surface area (Å²) in [6.07, 6.45) is 5.43. The van der Waals surface area contributed by atoms with Gasteiger partial charge in [0.15, 0.2) is 0 Å². The van der Waals surface area contributed by atoms with Crippen molar-refractivity contribution in [3.63, 3.8) is 0 Å². The summed E-state index contributed by atoms with van der Waals surface area (Å²) in [5.74, 6) is 6.45. The Hall–Kier alpha value is -1.79. The molecule has 3 heteroatoms. The van der Waals surface area contributed by atoms with Gasteiger partial charge in [0.05, 0.1) is 12.2 Å². The predicted molar refractivity (Wildman–Crippen MR) is 84.1 cm³/mol. The van der Waals surface area contributed by atoms with Crippen LogP contribution in [-0.2, 0) is 0 Å². The monoisotopic (exact) mass is 285 g/mol. The maximum Gasteiger partial charge on any atom is 0.252 e. The molecule has 1 aliphatic rings. The van der Waals surface area contributed by atoms with Crippen LogP contribution in [0.1, 0.15) is 53.6 Å². The van der Waals surface area contributed by atoms with Crippen LogP contribution in [0.2, 0.25) is 0 Å². The number of aliphatic hydroxyl groups excluding tert-OH is 1. The number of hydrogen-bond acceptors (Lipinski definition) is 2.